The Kier molecular flexibility index (Phi) is 6.84. The Hall–Kier alpha value is -2.77. The molecule has 0 aliphatic heterocycles. The third-order valence-corrected chi connectivity index (χ3v) is 6.83. The van der Waals surface area contributed by atoms with Crippen LogP contribution in [-0.4, -0.2) is 20.1 Å². The van der Waals surface area contributed by atoms with Gasteiger partial charge in [-0.2, -0.15) is 0 Å². The molecule has 0 spiro atoms. The van der Waals surface area contributed by atoms with Gasteiger partial charge in [-0.25, -0.2) is 8.42 Å². The lowest BCUT2D eigenvalue weighted by Crippen LogP contribution is -2.15. The van der Waals surface area contributed by atoms with Gasteiger partial charge in [0.05, 0.1) is 16.1 Å². The van der Waals surface area contributed by atoms with Crippen LogP contribution in [0.2, 0.25) is 0 Å². The van der Waals surface area contributed by atoms with E-state index in [-0.39, 0.29) is 10.8 Å². The zero-order chi connectivity index (χ0) is 21.7. The molecule has 0 aliphatic carbocycles. The molecule has 2 N–H and O–H groups in total. The average molecular weight is 441 g/mol. The predicted octanol–water partition coefficient (Wildman–Crippen LogP) is 5.47. The van der Waals surface area contributed by atoms with Crippen LogP contribution in [-0.2, 0) is 10.0 Å². The van der Waals surface area contributed by atoms with Crippen LogP contribution in [0.5, 0.6) is 0 Å². The molecule has 0 saturated carbocycles. The normalized spacial score (nSPS) is 11.2. The zero-order valence-electron chi connectivity index (χ0n) is 17.1. The van der Waals surface area contributed by atoms with Crippen molar-refractivity contribution in [3.8, 4) is 0 Å². The highest BCUT2D eigenvalue weighted by Gasteiger charge is 2.16. The second kappa shape index (κ2) is 9.36. The molecule has 1 amide bonds. The van der Waals surface area contributed by atoms with E-state index in [4.69, 9.17) is 0 Å². The Balaban J connectivity index is 1.76. The molecule has 7 heteroatoms. The molecule has 3 rings (SSSR count). The first-order valence-electron chi connectivity index (χ1n) is 9.53. The molecule has 3 aromatic rings. The summed E-state index contributed by atoms with van der Waals surface area (Å²) in [7, 11) is -3.73. The number of carbonyl (C=O) groups excluding carboxylic acids is 1. The van der Waals surface area contributed by atoms with E-state index in [1.165, 1.54) is 12.1 Å². The number of anilines is 2. The molecule has 0 atom stereocenters. The number of sulfonamides is 1. The Morgan fingerprint density at radius 3 is 2.37 bits per heavy atom. The molecule has 0 heterocycles. The van der Waals surface area contributed by atoms with Gasteiger partial charge in [-0.15, -0.1) is 11.8 Å². The fraction of sp³-hybridized carbons (Fsp3) is 0.174. The topological polar surface area (TPSA) is 75.3 Å². The summed E-state index contributed by atoms with van der Waals surface area (Å²) in [5.74, 6) is 0.639. The van der Waals surface area contributed by atoms with Crippen LogP contribution in [0.1, 0.15) is 28.4 Å². The van der Waals surface area contributed by atoms with Gasteiger partial charge in [0, 0.05) is 10.6 Å². The number of rotatable bonds is 7. The van der Waals surface area contributed by atoms with Gasteiger partial charge in [0.2, 0.25) is 0 Å². The summed E-state index contributed by atoms with van der Waals surface area (Å²) in [6.07, 6.45) is 0. The number of benzene rings is 3. The van der Waals surface area contributed by atoms with Crippen LogP contribution in [0, 0.1) is 13.8 Å². The van der Waals surface area contributed by atoms with Crippen molar-refractivity contribution in [2.75, 3.05) is 15.8 Å². The molecule has 0 aromatic heterocycles. The first-order valence-corrected chi connectivity index (χ1v) is 12.0. The molecule has 0 fully saturated rings. The van der Waals surface area contributed by atoms with Gasteiger partial charge in [-0.3, -0.25) is 9.52 Å². The molecule has 3 aromatic carbocycles. The molecule has 5 nitrogen and oxygen atoms in total. The van der Waals surface area contributed by atoms with Crippen molar-refractivity contribution in [1.82, 2.24) is 0 Å². The van der Waals surface area contributed by atoms with Crippen molar-refractivity contribution in [2.45, 2.75) is 30.6 Å². The van der Waals surface area contributed by atoms with Gasteiger partial charge in [0.25, 0.3) is 15.9 Å². The number of hydrogen-bond acceptors (Lipinski definition) is 4. The molecule has 0 bridgehead atoms. The van der Waals surface area contributed by atoms with Crippen molar-refractivity contribution < 1.29 is 13.2 Å². The predicted molar refractivity (Wildman–Crippen MR) is 124 cm³/mol. The first-order chi connectivity index (χ1) is 14.3. The minimum Gasteiger partial charge on any atom is -0.322 e. The lowest BCUT2D eigenvalue weighted by Gasteiger charge is -2.12. The Morgan fingerprint density at radius 1 is 0.967 bits per heavy atom. The van der Waals surface area contributed by atoms with E-state index in [2.05, 4.69) is 10.0 Å². The lowest BCUT2D eigenvalue weighted by atomic mass is 10.1. The summed E-state index contributed by atoms with van der Waals surface area (Å²) in [4.78, 5) is 13.7. The largest absolute Gasteiger partial charge is 0.322 e. The summed E-state index contributed by atoms with van der Waals surface area (Å²) < 4.78 is 28.1. The van der Waals surface area contributed by atoms with Crippen LogP contribution in [0.15, 0.2) is 76.5 Å². The number of thioether (sulfide) groups is 1. The van der Waals surface area contributed by atoms with Crippen molar-refractivity contribution in [2.24, 2.45) is 0 Å². The van der Waals surface area contributed by atoms with Crippen molar-refractivity contribution in [3.63, 3.8) is 0 Å². The lowest BCUT2D eigenvalue weighted by molar-refractivity contribution is 0.102. The highest BCUT2D eigenvalue weighted by Crippen LogP contribution is 2.25. The molecular formula is C23H24N2O3S2. The fourth-order valence-electron chi connectivity index (χ4n) is 2.90. The zero-order valence-corrected chi connectivity index (χ0v) is 18.7. The Morgan fingerprint density at radius 2 is 1.67 bits per heavy atom. The number of nitrogens with one attached hydrogen (secondary N) is 2. The molecule has 156 valence electrons. The maximum absolute atomic E-state index is 12.7. The van der Waals surface area contributed by atoms with Gasteiger partial charge in [-0.05, 0) is 73.2 Å². The molecule has 0 saturated heterocycles. The highest BCUT2D eigenvalue weighted by molar-refractivity contribution is 7.99. The Labute approximate surface area is 182 Å². The van der Waals surface area contributed by atoms with E-state index in [1.54, 1.807) is 36.0 Å². The first kappa shape index (κ1) is 21.9. The SMILES string of the molecule is CCSc1ccccc1C(=O)Nc1ccc(S(=O)(=O)Nc2cc(C)ccc2C)cc1. The van der Waals surface area contributed by atoms with Crippen molar-refractivity contribution in [1.29, 1.82) is 0 Å². The molecule has 0 unspecified atom stereocenters. The highest BCUT2D eigenvalue weighted by atomic mass is 32.2. The minimum atomic E-state index is -3.73. The summed E-state index contributed by atoms with van der Waals surface area (Å²) in [5, 5.41) is 2.83. The maximum Gasteiger partial charge on any atom is 0.261 e. The third kappa shape index (κ3) is 5.23. The minimum absolute atomic E-state index is 0.128. The number of aryl methyl sites for hydroxylation is 2. The molecule has 0 aliphatic rings. The van der Waals surface area contributed by atoms with Gasteiger partial charge >= 0.3 is 0 Å². The number of amides is 1. The van der Waals surface area contributed by atoms with Gasteiger partial charge < -0.3 is 5.32 Å². The number of carbonyl (C=O) groups is 1. The van der Waals surface area contributed by atoms with Crippen molar-refractivity contribution in [3.05, 3.63) is 83.4 Å². The van der Waals surface area contributed by atoms with Crippen LogP contribution in [0.3, 0.4) is 0 Å². The maximum atomic E-state index is 12.7. The van der Waals surface area contributed by atoms with E-state index in [0.717, 1.165) is 21.8 Å². The van der Waals surface area contributed by atoms with E-state index < -0.39 is 10.0 Å². The molecular weight excluding hydrogens is 416 g/mol. The fourth-order valence-corrected chi connectivity index (χ4v) is 4.82. The Bertz CT molecular complexity index is 1160. The quantitative estimate of drug-likeness (QED) is 0.478. The van der Waals surface area contributed by atoms with Gasteiger partial charge in [0.1, 0.15) is 0 Å². The molecule has 0 radical (unpaired) electrons. The average Bonchev–Trinajstić information content (AvgIpc) is 2.71. The number of hydrogen-bond donors (Lipinski definition) is 2. The summed E-state index contributed by atoms with van der Waals surface area (Å²) in [5.41, 5.74) is 3.49. The van der Waals surface area contributed by atoms with E-state index in [1.807, 2.05) is 51.1 Å². The van der Waals surface area contributed by atoms with E-state index >= 15 is 0 Å². The van der Waals surface area contributed by atoms with E-state index in [9.17, 15) is 13.2 Å². The van der Waals surface area contributed by atoms with Crippen LogP contribution >= 0.6 is 11.8 Å². The second-order valence-electron chi connectivity index (χ2n) is 6.83. The molecule has 30 heavy (non-hydrogen) atoms. The summed E-state index contributed by atoms with van der Waals surface area (Å²) in [6, 6.07) is 19.2. The second-order valence-corrected chi connectivity index (χ2v) is 9.82. The summed E-state index contributed by atoms with van der Waals surface area (Å²) >= 11 is 1.60. The third-order valence-electron chi connectivity index (χ3n) is 4.49. The van der Waals surface area contributed by atoms with Crippen molar-refractivity contribution >= 4 is 39.1 Å². The van der Waals surface area contributed by atoms with Crippen LogP contribution in [0.25, 0.3) is 0 Å². The van der Waals surface area contributed by atoms with Gasteiger partial charge in [-0.1, -0.05) is 31.2 Å². The summed E-state index contributed by atoms with van der Waals surface area (Å²) in [6.45, 7) is 5.79. The monoisotopic (exact) mass is 440 g/mol. The van der Waals surface area contributed by atoms with Crippen LogP contribution < -0.4 is 10.0 Å². The standard InChI is InChI=1S/C23H24N2O3S2/c1-4-29-22-8-6-5-7-20(22)23(26)24-18-11-13-19(14-12-18)30(27,28)25-21-15-16(2)9-10-17(21)3/h5-15,25H,4H2,1-3H3,(H,24,26). The smallest absolute Gasteiger partial charge is 0.261 e. The van der Waals surface area contributed by atoms with Gasteiger partial charge in [0.15, 0.2) is 0 Å². The van der Waals surface area contributed by atoms with E-state index in [0.29, 0.717) is 16.9 Å². The van der Waals surface area contributed by atoms with Crippen LogP contribution in [0.4, 0.5) is 11.4 Å².